The van der Waals surface area contributed by atoms with E-state index in [0.717, 1.165) is 24.2 Å². The van der Waals surface area contributed by atoms with Crippen LogP contribution in [0.3, 0.4) is 0 Å². The summed E-state index contributed by atoms with van der Waals surface area (Å²) in [6.45, 7) is 6.07. The van der Waals surface area contributed by atoms with Crippen LogP contribution in [0.2, 0.25) is 0 Å². The van der Waals surface area contributed by atoms with Crippen molar-refractivity contribution < 1.29 is 28.6 Å². The summed E-state index contributed by atoms with van der Waals surface area (Å²) >= 11 is 0. The molecule has 1 saturated heterocycles. The molecular weight excluding hydrogens is 446 g/mol. The number of imide groups is 1. The third kappa shape index (κ3) is 5.04. The molecule has 1 N–H and O–H groups in total. The minimum absolute atomic E-state index is 0.0825. The highest BCUT2D eigenvalue weighted by Gasteiger charge is 2.46. The van der Waals surface area contributed by atoms with Gasteiger partial charge in [-0.15, -0.1) is 0 Å². The van der Waals surface area contributed by atoms with Crippen LogP contribution in [0.15, 0.2) is 66.7 Å². The summed E-state index contributed by atoms with van der Waals surface area (Å²) in [5.74, 6) is 1.22. The fraction of sp³-hybridized carbons (Fsp3) is 0.250. The van der Waals surface area contributed by atoms with Crippen molar-refractivity contribution in [1.29, 1.82) is 0 Å². The second kappa shape index (κ2) is 10.0. The molecule has 0 spiro atoms. The van der Waals surface area contributed by atoms with E-state index in [9.17, 15) is 14.4 Å². The van der Waals surface area contributed by atoms with Crippen molar-refractivity contribution in [2.75, 3.05) is 6.61 Å². The molecule has 180 valence electrons. The normalized spacial score (nSPS) is 17.0. The van der Waals surface area contributed by atoms with Gasteiger partial charge in [-0.1, -0.05) is 25.5 Å². The number of cyclic esters (lactones) is 1. The summed E-state index contributed by atoms with van der Waals surface area (Å²) in [5, 5.41) is 2.16. The minimum Gasteiger partial charge on any atom is -0.494 e. The molecule has 0 bridgehead atoms. The second-order valence-corrected chi connectivity index (χ2v) is 8.37. The molecular formula is C28H27NO6. The molecule has 3 aromatic carbocycles. The minimum atomic E-state index is -1.42. The zero-order valence-electron chi connectivity index (χ0n) is 19.9. The molecule has 7 nitrogen and oxygen atoms in total. The number of carbonyl (C=O) groups is 3. The molecule has 0 aliphatic carbocycles. The zero-order chi connectivity index (χ0) is 25.0. The Morgan fingerprint density at radius 1 is 0.943 bits per heavy atom. The number of hydrogen-bond acceptors (Lipinski definition) is 6. The largest absolute Gasteiger partial charge is 0.494 e. The van der Waals surface area contributed by atoms with Crippen LogP contribution in [0.5, 0.6) is 17.2 Å². The molecule has 0 unspecified atom stereocenters. The van der Waals surface area contributed by atoms with Gasteiger partial charge in [0, 0.05) is 16.7 Å². The van der Waals surface area contributed by atoms with Gasteiger partial charge in [-0.2, -0.15) is 0 Å². The van der Waals surface area contributed by atoms with E-state index in [-0.39, 0.29) is 5.78 Å². The SMILES string of the molecule is CCCc1cc(C(=O)c2ccc(OCC)cc2)ccc1Oc1cccc([C@@]2(C)OC(=O)NC2=O)c1. The van der Waals surface area contributed by atoms with E-state index in [4.69, 9.17) is 14.2 Å². The molecule has 1 heterocycles. The van der Waals surface area contributed by atoms with Gasteiger partial charge in [0.1, 0.15) is 17.2 Å². The number of ketones is 1. The van der Waals surface area contributed by atoms with Crippen LogP contribution in [0, 0.1) is 0 Å². The van der Waals surface area contributed by atoms with Crippen LogP contribution in [0.1, 0.15) is 54.2 Å². The summed E-state index contributed by atoms with van der Waals surface area (Å²) in [6.07, 6.45) is 0.810. The maximum absolute atomic E-state index is 13.1. The Morgan fingerprint density at radius 3 is 2.34 bits per heavy atom. The molecule has 1 atom stereocenters. The molecule has 35 heavy (non-hydrogen) atoms. The van der Waals surface area contributed by atoms with E-state index < -0.39 is 17.6 Å². The van der Waals surface area contributed by atoms with Gasteiger partial charge in [0.25, 0.3) is 5.91 Å². The van der Waals surface area contributed by atoms with Crippen LogP contribution in [0.25, 0.3) is 0 Å². The van der Waals surface area contributed by atoms with Gasteiger partial charge in [-0.25, -0.2) is 4.79 Å². The molecule has 4 rings (SSSR count). The van der Waals surface area contributed by atoms with Crippen molar-refractivity contribution in [2.45, 2.75) is 39.2 Å². The first-order chi connectivity index (χ1) is 16.8. The number of amides is 2. The van der Waals surface area contributed by atoms with Crippen LogP contribution in [-0.4, -0.2) is 24.4 Å². The number of aryl methyl sites for hydroxylation is 1. The monoisotopic (exact) mass is 473 g/mol. The Kier molecular flexibility index (Phi) is 6.87. The first kappa shape index (κ1) is 24.0. The Hall–Kier alpha value is -4.13. The number of hydrogen-bond donors (Lipinski definition) is 1. The van der Waals surface area contributed by atoms with E-state index in [1.165, 1.54) is 6.92 Å². The third-order valence-electron chi connectivity index (χ3n) is 5.83. The lowest BCUT2D eigenvalue weighted by atomic mass is 9.95. The highest BCUT2D eigenvalue weighted by molar-refractivity contribution is 6.09. The first-order valence-electron chi connectivity index (χ1n) is 11.6. The van der Waals surface area contributed by atoms with Gasteiger partial charge < -0.3 is 14.2 Å². The number of ether oxygens (including phenoxy) is 3. The first-order valence-corrected chi connectivity index (χ1v) is 11.6. The molecule has 3 aromatic rings. The lowest BCUT2D eigenvalue weighted by Crippen LogP contribution is -2.33. The lowest BCUT2D eigenvalue weighted by Gasteiger charge is -2.20. The van der Waals surface area contributed by atoms with Crippen LogP contribution < -0.4 is 14.8 Å². The summed E-state index contributed by atoms with van der Waals surface area (Å²) in [7, 11) is 0. The smallest absolute Gasteiger partial charge is 0.415 e. The fourth-order valence-electron chi connectivity index (χ4n) is 3.96. The topological polar surface area (TPSA) is 90.9 Å². The van der Waals surface area contributed by atoms with Crippen molar-refractivity contribution in [3.8, 4) is 17.2 Å². The average Bonchev–Trinajstić information content (AvgIpc) is 3.12. The Labute approximate surface area is 204 Å². The van der Waals surface area contributed by atoms with Crippen molar-refractivity contribution in [1.82, 2.24) is 5.32 Å². The van der Waals surface area contributed by atoms with Gasteiger partial charge >= 0.3 is 6.09 Å². The van der Waals surface area contributed by atoms with E-state index in [1.54, 1.807) is 60.7 Å². The van der Waals surface area contributed by atoms with Gasteiger partial charge in [-0.3, -0.25) is 14.9 Å². The molecule has 0 saturated carbocycles. The highest BCUT2D eigenvalue weighted by Crippen LogP contribution is 2.34. The standard InChI is InChI=1S/C28H27NO6/c1-4-7-19-16-20(25(30)18-10-13-22(14-11-18)33-5-2)12-15-24(19)34-23-9-6-8-21(17-23)28(3)26(31)29-27(32)35-28/h6,8-17H,4-5,7H2,1-3H3,(H,29,31,32)/t28-/m1/s1. The zero-order valence-corrected chi connectivity index (χ0v) is 19.9. The predicted octanol–water partition coefficient (Wildman–Crippen LogP) is 5.54. The van der Waals surface area contributed by atoms with Gasteiger partial charge in [0.05, 0.1) is 6.61 Å². The van der Waals surface area contributed by atoms with Crippen molar-refractivity contribution >= 4 is 17.8 Å². The Morgan fingerprint density at radius 2 is 1.69 bits per heavy atom. The van der Waals surface area contributed by atoms with E-state index >= 15 is 0 Å². The molecule has 1 aliphatic heterocycles. The summed E-state index contributed by atoms with van der Waals surface area (Å²) in [4.78, 5) is 36.9. The molecule has 2 amide bonds. The number of nitrogens with one attached hydrogen (secondary N) is 1. The van der Waals surface area contributed by atoms with Gasteiger partial charge in [0.15, 0.2) is 5.78 Å². The van der Waals surface area contributed by atoms with Crippen molar-refractivity contribution in [2.24, 2.45) is 0 Å². The molecule has 1 fully saturated rings. The summed E-state index contributed by atoms with van der Waals surface area (Å²) in [5.41, 5.74) is 1.12. The van der Waals surface area contributed by atoms with Crippen molar-refractivity contribution in [3.63, 3.8) is 0 Å². The van der Waals surface area contributed by atoms with Crippen LogP contribution in [-0.2, 0) is 21.6 Å². The molecule has 0 radical (unpaired) electrons. The number of rotatable bonds is 9. The van der Waals surface area contributed by atoms with Gasteiger partial charge in [0.2, 0.25) is 5.60 Å². The third-order valence-corrected chi connectivity index (χ3v) is 5.83. The van der Waals surface area contributed by atoms with E-state index in [0.29, 0.717) is 34.8 Å². The van der Waals surface area contributed by atoms with Crippen molar-refractivity contribution in [3.05, 3.63) is 89.0 Å². The summed E-state index contributed by atoms with van der Waals surface area (Å²) in [6, 6.07) is 19.3. The number of benzene rings is 3. The lowest BCUT2D eigenvalue weighted by molar-refractivity contribution is -0.130. The second-order valence-electron chi connectivity index (χ2n) is 8.37. The fourth-order valence-corrected chi connectivity index (χ4v) is 3.96. The Balaban J connectivity index is 1.59. The Bertz CT molecular complexity index is 1270. The van der Waals surface area contributed by atoms with E-state index in [2.05, 4.69) is 12.2 Å². The maximum atomic E-state index is 13.1. The molecule has 7 heteroatoms. The number of alkyl carbamates (subject to hydrolysis) is 1. The maximum Gasteiger partial charge on any atom is 0.415 e. The average molecular weight is 474 g/mol. The summed E-state index contributed by atoms with van der Waals surface area (Å²) < 4.78 is 16.8. The van der Waals surface area contributed by atoms with Crippen LogP contribution in [0.4, 0.5) is 4.79 Å². The molecule has 0 aromatic heterocycles. The predicted molar refractivity (Wildman–Crippen MR) is 130 cm³/mol. The van der Waals surface area contributed by atoms with E-state index in [1.807, 2.05) is 13.0 Å². The highest BCUT2D eigenvalue weighted by atomic mass is 16.6. The number of carbonyl (C=O) groups excluding carboxylic acids is 3. The quantitative estimate of drug-likeness (QED) is 0.410. The molecule has 1 aliphatic rings. The van der Waals surface area contributed by atoms with Gasteiger partial charge in [-0.05, 0) is 80.4 Å². The van der Waals surface area contributed by atoms with Crippen LogP contribution >= 0.6 is 0 Å².